The Morgan fingerprint density at radius 2 is 1.84 bits per heavy atom. The molecule has 0 N–H and O–H groups in total. The van der Waals surface area contributed by atoms with Crippen LogP contribution in [0.2, 0.25) is 0 Å². The average molecular weight is 283 g/mol. The number of rotatable bonds is 5. The molecule has 0 unspecified atom stereocenters. The van der Waals surface area contributed by atoms with E-state index < -0.39 is 0 Å². The third-order valence-corrected chi connectivity index (χ3v) is 3.86. The van der Waals surface area contributed by atoms with E-state index in [-0.39, 0.29) is 0 Å². The van der Waals surface area contributed by atoms with E-state index >= 15 is 0 Å². The summed E-state index contributed by atoms with van der Waals surface area (Å²) in [5.74, 6) is 1.72. The molecule has 0 saturated carbocycles. The molecule has 0 aliphatic carbocycles. The summed E-state index contributed by atoms with van der Waals surface area (Å²) in [7, 11) is 1.74. The van der Waals surface area contributed by atoms with Gasteiger partial charge in [0.15, 0.2) is 0 Å². The molecule has 1 aliphatic heterocycles. The summed E-state index contributed by atoms with van der Waals surface area (Å²) >= 11 is 5.79. The highest BCUT2D eigenvalue weighted by Crippen LogP contribution is 2.21. The monoisotopic (exact) mass is 282 g/mol. The molecule has 106 valence electrons. The molecular formula is C15H23ClN2O. The molecule has 19 heavy (non-hydrogen) atoms. The van der Waals surface area contributed by atoms with Gasteiger partial charge in [-0.05, 0) is 13.0 Å². The maximum absolute atomic E-state index is 5.79. The third-order valence-electron chi connectivity index (χ3n) is 3.70. The first-order valence-electron chi connectivity index (χ1n) is 6.87. The zero-order valence-corrected chi connectivity index (χ0v) is 12.6. The number of benzene rings is 1. The Morgan fingerprint density at radius 1 is 1.16 bits per heavy atom. The number of methoxy groups -OCH3 is 1. The molecule has 0 radical (unpaired) electrons. The Hall–Kier alpha value is -0.770. The highest BCUT2D eigenvalue weighted by atomic mass is 35.5. The molecule has 1 saturated heterocycles. The van der Waals surface area contributed by atoms with E-state index in [0.29, 0.717) is 0 Å². The van der Waals surface area contributed by atoms with Crippen molar-refractivity contribution in [2.75, 3.05) is 45.7 Å². The van der Waals surface area contributed by atoms with Gasteiger partial charge in [-0.25, -0.2) is 0 Å². The van der Waals surface area contributed by atoms with Crippen LogP contribution < -0.4 is 4.74 Å². The van der Waals surface area contributed by atoms with Gasteiger partial charge in [-0.1, -0.05) is 17.7 Å². The predicted octanol–water partition coefficient (Wildman–Crippen LogP) is 2.36. The van der Waals surface area contributed by atoms with Gasteiger partial charge >= 0.3 is 0 Å². The smallest absolute Gasteiger partial charge is 0.123 e. The van der Waals surface area contributed by atoms with Crippen molar-refractivity contribution in [3.63, 3.8) is 0 Å². The second kappa shape index (κ2) is 7.13. The fourth-order valence-electron chi connectivity index (χ4n) is 2.56. The Labute approximate surface area is 121 Å². The third kappa shape index (κ3) is 4.10. The zero-order chi connectivity index (χ0) is 13.7. The molecule has 0 amide bonds. The van der Waals surface area contributed by atoms with Crippen LogP contribution in [-0.4, -0.2) is 55.5 Å². The van der Waals surface area contributed by atoms with Gasteiger partial charge in [-0.2, -0.15) is 0 Å². The lowest BCUT2D eigenvalue weighted by Gasteiger charge is -2.34. The van der Waals surface area contributed by atoms with Crippen LogP contribution in [0.5, 0.6) is 5.75 Å². The van der Waals surface area contributed by atoms with Crippen LogP contribution in [0.15, 0.2) is 18.2 Å². The molecule has 4 heteroatoms. The van der Waals surface area contributed by atoms with Crippen molar-refractivity contribution in [3.05, 3.63) is 29.3 Å². The number of piperazine rings is 1. The molecule has 1 fully saturated rings. The van der Waals surface area contributed by atoms with E-state index in [1.54, 1.807) is 7.11 Å². The number of alkyl halides is 1. The molecule has 1 aliphatic rings. The minimum Gasteiger partial charge on any atom is -0.496 e. The zero-order valence-electron chi connectivity index (χ0n) is 11.9. The molecule has 1 heterocycles. The average Bonchev–Trinajstić information content (AvgIpc) is 2.42. The van der Waals surface area contributed by atoms with Crippen LogP contribution in [-0.2, 0) is 6.54 Å². The minimum absolute atomic E-state index is 0.728. The largest absolute Gasteiger partial charge is 0.496 e. The van der Waals surface area contributed by atoms with E-state index in [9.17, 15) is 0 Å². The first-order chi connectivity index (χ1) is 9.22. The van der Waals surface area contributed by atoms with Gasteiger partial charge < -0.3 is 4.74 Å². The number of hydrogen-bond acceptors (Lipinski definition) is 3. The summed E-state index contributed by atoms with van der Waals surface area (Å²) < 4.78 is 5.45. The van der Waals surface area contributed by atoms with Gasteiger partial charge in [0, 0.05) is 50.7 Å². The van der Waals surface area contributed by atoms with Crippen molar-refractivity contribution in [2.24, 2.45) is 0 Å². The Balaban J connectivity index is 1.93. The molecule has 1 aromatic rings. The molecular weight excluding hydrogens is 260 g/mol. The van der Waals surface area contributed by atoms with Crippen LogP contribution in [0.4, 0.5) is 0 Å². The number of ether oxygens (including phenoxy) is 1. The van der Waals surface area contributed by atoms with E-state index in [4.69, 9.17) is 16.3 Å². The first-order valence-corrected chi connectivity index (χ1v) is 7.40. The second-order valence-corrected chi connectivity index (χ2v) is 5.50. The lowest BCUT2D eigenvalue weighted by molar-refractivity contribution is 0.131. The van der Waals surface area contributed by atoms with Gasteiger partial charge in [-0.15, -0.1) is 11.6 Å². The maximum atomic E-state index is 5.79. The standard InChI is InChI=1S/C15H23ClN2O/c1-13-3-4-15(19-2)14(11-13)12-18-9-7-17(6-5-16)8-10-18/h3-4,11H,5-10,12H2,1-2H3. The van der Waals surface area contributed by atoms with Crippen molar-refractivity contribution >= 4 is 11.6 Å². The normalized spacial score (nSPS) is 17.6. The second-order valence-electron chi connectivity index (χ2n) is 5.12. The van der Waals surface area contributed by atoms with E-state index in [1.165, 1.54) is 11.1 Å². The van der Waals surface area contributed by atoms with Crippen molar-refractivity contribution in [3.8, 4) is 5.75 Å². The topological polar surface area (TPSA) is 15.7 Å². The minimum atomic E-state index is 0.728. The highest BCUT2D eigenvalue weighted by Gasteiger charge is 2.17. The van der Waals surface area contributed by atoms with Gasteiger partial charge in [0.1, 0.15) is 5.75 Å². The van der Waals surface area contributed by atoms with E-state index in [1.807, 2.05) is 0 Å². The van der Waals surface area contributed by atoms with Crippen LogP contribution in [0.3, 0.4) is 0 Å². The van der Waals surface area contributed by atoms with Crippen LogP contribution in [0, 0.1) is 6.92 Å². The SMILES string of the molecule is COc1ccc(C)cc1CN1CCN(CCCl)CC1. The lowest BCUT2D eigenvalue weighted by Crippen LogP contribution is -2.46. The highest BCUT2D eigenvalue weighted by molar-refractivity contribution is 6.18. The summed E-state index contributed by atoms with van der Waals surface area (Å²) in [5.41, 5.74) is 2.57. The number of hydrogen-bond donors (Lipinski definition) is 0. The van der Waals surface area contributed by atoms with E-state index in [2.05, 4.69) is 34.9 Å². The van der Waals surface area contributed by atoms with Crippen molar-refractivity contribution in [1.82, 2.24) is 9.80 Å². The van der Waals surface area contributed by atoms with Crippen LogP contribution in [0.25, 0.3) is 0 Å². The fraction of sp³-hybridized carbons (Fsp3) is 0.600. The number of halogens is 1. The van der Waals surface area contributed by atoms with Crippen LogP contribution in [0.1, 0.15) is 11.1 Å². The van der Waals surface area contributed by atoms with Gasteiger partial charge in [-0.3, -0.25) is 9.80 Å². The molecule has 0 atom stereocenters. The van der Waals surface area contributed by atoms with Crippen LogP contribution >= 0.6 is 11.6 Å². The van der Waals surface area contributed by atoms with E-state index in [0.717, 1.165) is 50.9 Å². The first kappa shape index (κ1) is 14.6. The summed E-state index contributed by atoms with van der Waals surface area (Å²) in [6.07, 6.45) is 0. The van der Waals surface area contributed by atoms with Gasteiger partial charge in [0.05, 0.1) is 7.11 Å². The molecule has 0 aromatic heterocycles. The number of nitrogens with zero attached hydrogens (tertiary/aromatic N) is 2. The molecule has 2 rings (SSSR count). The van der Waals surface area contributed by atoms with Crippen molar-refractivity contribution in [1.29, 1.82) is 0 Å². The molecule has 0 spiro atoms. The molecule has 1 aromatic carbocycles. The quantitative estimate of drug-likeness (QED) is 0.771. The molecule has 0 bridgehead atoms. The Bertz CT molecular complexity index is 403. The summed E-state index contributed by atoms with van der Waals surface area (Å²) in [6.45, 7) is 8.54. The van der Waals surface area contributed by atoms with Crippen molar-refractivity contribution < 1.29 is 4.74 Å². The summed E-state index contributed by atoms with van der Waals surface area (Å²) in [6, 6.07) is 6.39. The van der Waals surface area contributed by atoms with Gasteiger partial charge in [0.2, 0.25) is 0 Å². The Kier molecular flexibility index (Phi) is 5.49. The lowest BCUT2D eigenvalue weighted by atomic mass is 10.1. The van der Waals surface area contributed by atoms with Crippen molar-refractivity contribution in [2.45, 2.75) is 13.5 Å². The summed E-state index contributed by atoms with van der Waals surface area (Å²) in [4.78, 5) is 4.92. The maximum Gasteiger partial charge on any atom is 0.123 e. The number of aryl methyl sites for hydroxylation is 1. The summed E-state index contributed by atoms with van der Waals surface area (Å²) in [5, 5.41) is 0. The predicted molar refractivity (Wildman–Crippen MR) is 80.2 cm³/mol. The Morgan fingerprint density at radius 3 is 2.47 bits per heavy atom. The molecule has 3 nitrogen and oxygen atoms in total. The fourth-order valence-corrected chi connectivity index (χ4v) is 2.80. The van der Waals surface area contributed by atoms with Gasteiger partial charge in [0.25, 0.3) is 0 Å².